The molecule has 0 aromatic rings. The van der Waals surface area contributed by atoms with E-state index in [1.807, 2.05) is 0 Å². The fraction of sp³-hybridized carbons (Fsp3) is 0.846. The van der Waals surface area contributed by atoms with Crippen molar-refractivity contribution in [3.63, 3.8) is 0 Å². The number of allylic oxidation sites excluding steroid dienone is 1. The van der Waals surface area contributed by atoms with Crippen molar-refractivity contribution in [2.24, 2.45) is 11.8 Å². The monoisotopic (exact) mass is 212 g/mol. The third kappa shape index (κ3) is 5.95. The zero-order valence-electron chi connectivity index (χ0n) is 10.2. The molecule has 2 heteroatoms. The van der Waals surface area contributed by atoms with Gasteiger partial charge in [-0.2, -0.15) is 0 Å². The first-order valence-electron chi connectivity index (χ1n) is 6.10. The Morgan fingerprint density at radius 2 is 2.07 bits per heavy atom. The van der Waals surface area contributed by atoms with Crippen molar-refractivity contribution in [1.29, 1.82) is 0 Å². The molecule has 0 saturated carbocycles. The molecule has 1 rings (SSSR count). The van der Waals surface area contributed by atoms with E-state index in [9.17, 15) is 0 Å². The maximum Gasteiger partial charge on any atom is 0.157 e. The fourth-order valence-electron chi connectivity index (χ4n) is 1.57. The van der Waals surface area contributed by atoms with Gasteiger partial charge in [0.15, 0.2) is 6.29 Å². The van der Waals surface area contributed by atoms with Crippen molar-refractivity contribution in [2.45, 2.75) is 46.3 Å². The van der Waals surface area contributed by atoms with E-state index in [0.717, 1.165) is 19.6 Å². The standard InChI is InChI=1S/C13H24O2/c1-11(2)7-8-12(3)10-15-13-6-4-5-9-14-13/h7-8,11-13H,4-6,9-10H2,1-3H3/b8-7-. The molecule has 15 heavy (non-hydrogen) atoms. The van der Waals surface area contributed by atoms with E-state index in [1.54, 1.807) is 0 Å². The van der Waals surface area contributed by atoms with Gasteiger partial charge >= 0.3 is 0 Å². The van der Waals surface area contributed by atoms with Crippen LogP contribution in [-0.2, 0) is 9.47 Å². The molecular weight excluding hydrogens is 188 g/mol. The summed E-state index contributed by atoms with van der Waals surface area (Å²) in [4.78, 5) is 0. The van der Waals surface area contributed by atoms with Gasteiger partial charge in [0.2, 0.25) is 0 Å². The first-order chi connectivity index (χ1) is 7.18. The van der Waals surface area contributed by atoms with Crippen LogP contribution in [0.3, 0.4) is 0 Å². The van der Waals surface area contributed by atoms with E-state index in [1.165, 1.54) is 12.8 Å². The summed E-state index contributed by atoms with van der Waals surface area (Å²) in [6.07, 6.45) is 7.99. The number of rotatable bonds is 5. The molecule has 0 aliphatic carbocycles. The molecule has 0 radical (unpaired) electrons. The summed E-state index contributed by atoms with van der Waals surface area (Å²) in [5.74, 6) is 1.11. The summed E-state index contributed by atoms with van der Waals surface area (Å²) in [7, 11) is 0. The van der Waals surface area contributed by atoms with E-state index >= 15 is 0 Å². The SMILES string of the molecule is CC(C)/C=C\C(C)COC1CCCCO1. The van der Waals surface area contributed by atoms with Gasteiger partial charge in [-0.1, -0.05) is 32.9 Å². The Kier molecular flexibility index (Phi) is 5.96. The zero-order chi connectivity index (χ0) is 11.1. The van der Waals surface area contributed by atoms with Gasteiger partial charge in [-0.15, -0.1) is 0 Å². The number of hydrogen-bond acceptors (Lipinski definition) is 2. The molecule has 0 aromatic heterocycles. The van der Waals surface area contributed by atoms with Gasteiger partial charge in [-0.05, 0) is 31.1 Å². The van der Waals surface area contributed by atoms with Gasteiger partial charge in [0.1, 0.15) is 0 Å². The number of hydrogen-bond donors (Lipinski definition) is 0. The normalized spacial score (nSPS) is 24.9. The summed E-state index contributed by atoms with van der Waals surface area (Å²) < 4.78 is 11.2. The largest absolute Gasteiger partial charge is 0.353 e. The molecule has 2 nitrogen and oxygen atoms in total. The van der Waals surface area contributed by atoms with E-state index in [0.29, 0.717) is 11.8 Å². The molecule has 1 aliphatic rings. The molecule has 0 aromatic carbocycles. The van der Waals surface area contributed by atoms with Gasteiger partial charge in [0.25, 0.3) is 0 Å². The van der Waals surface area contributed by atoms with Crippen LogP contribution in [0.2, 0.25) is 0 Å². The Hall–Kier alpha value is -0.340. The topological polar surface area (TPSA) is 18.5 Å². The zero-order valence-corrected chi connectivity index (χ0v) is 10.2. The number of ether oxygens (including phenoxy) is 2. The predicted molar refractivity (Wildman–Crippen MR) is 62.7 cm³/mol. The van der Waals surface area contributed by atoms with Crippen molar-refractivity contribution in [2.75, 3.05) is 13.2 Å². The van der Waals surface area contributed by atoms with Crippen molar-refractivity contribution in [3.8, 4) is 0 Å². The molecule has 0 N–H and O–H groups in total. The molecule has 0 spiro atoms. The Balaban J connectivity index is 2.12. The van der Waals surface area contributed by atoms with E-state index < -0.39 is 0 Å². The van der Waals surface area contributed by atoms with Crippen molar-refractivity contribution < 1.29 is 9.47 Å². The van der Waals surface area contributed by atoms with Gasteiger partial charge < -0.3 is 9.47 Å². The lowest BCUT2D eigenvalue weighted by Crippen LogP contribution is -2.24. The molecule has 0 bridgehead atoms. The van der Waals surface area contributed by atoms with E-state index in [4.69, 9.17) is 9.47 Å². The van der Waals surface area contributed by atoms with Gasteiger partial charge in [-0.25, -0.2) is 0 Å². The first-order valence-corrected chi connectivity index (χ1v) is 6.10. The highest BCUT2D eigenvalue weighted by Gasteiger charge is 2.14. The van der Waals surface area contributed by atoms with E-state index in [-0.39, 0.29) is 6.29 Å². The maximum absolute atomic E-state index is 5.70. The second-order valence-corrected chi connectivity index (χ2v) is 4.74. The maximum atomic E-state index is 5.70. The van der Waals surface area contributed by atoms with Gasteiger partial charge in [0, 0.05) is 6.61 Å². The van der Waals surface area contributed by atoms with Crippen molar-refractivity contribution >= 4 is 0 Å². The van der Waals surface area contributed by atoms with Crippen LogP contribution in [0.15, 0.2) is 12.2 Å². The third-order valence-electron chi connectivity index (χ3n) is 2.51. The van der Waals surface area contributed by atoms with Crippen LogP contribution < -0.4 is 0 Å². The average molecular weight is 212 g/mol. The molecule has 1 aliphatic heterocycles. The summed E-state index contributed by atoms with van der Waals surface area (Å²) in [5.41, 5.74) is 0. The Morgan fingerprint density at radius 1 is 1.27 bits per heavy atom. The minimum atomic E-state index is 0.0497. The van der Waals surface area contributed by atoms with E-state index in [2.05, 4.69) is 32.9 Å². The summed E-state index contributed by atoms with van der Waals surface area (Å²) in [5, 5.41) is 0. The molecular formula is C13H24O2. The van der Waals surface area contributed by atoms with Crippen LogP contribution >= 0.6 is 0 Å². The fourth-order valence-corrected chi connectivity index (χ4v) is 1.57. The van der Waals surface area contributed by atoms with Crippen LogP contribution in [0.5, 0.6) is 0 Å². The predicted octanol–water partition coefficient (Wildman–Crippen LogP) is 3.38. The van der Waals surface area contributed by atoms with Gasteiger partial charge in [0.05, 0.1) is 6.61 Å². The Bertz CT molecular complexity index is 181. The quantitative estimate of drug-likeness (QED) is 0.650. The second-order valence-electron chi connectivity index (χ2n) is 4.74. The van der Waals surface area contributed by atoms with Crippen LogP contribution in [0.1, 0.15) is 40.0 Å². The molecule has 2 unspecified atom stereocenters. The molecule has 1 fully saturated rings. The Morgan fingerprint density at radius 3 is 2.67 bits per heavy atom. The lowest BCUT2D eigenvalue weighted by atomic mass is 10.1. The van der Waals surface area contributed by atoms with Crippen LogP contribution in [-0.4, -0.2) is 19.5 Å². The van der Waals surface area contributed by atoms with Crippen molar-refractivity contribution in [3.05, 3.63) is 12.2 Å². The van der Waals surface area contributed by atoms with Gasteiger partial charge in [-0.3, -0.25) is 0 Å². The van der Waals surface area contributed by atoms with Crippen LogP contribution in [0, 0.1) is 11.8 Å². The Labute approximate surface area is 93.7 Å². The molecule has 0 amide bonds. The second kappa shape index (κ2) is 7.02. The summed E-state index contributed by atoms with van der Waals surface area (Å²) in [6, 6.07) is 0. The minimum absolute atomic E-state index is 0.0497. The minimum Gasteiger partial charge on any atom is -0.353 e. The smallest absolute Gasteiger partial charge is 0.157 e. The molecule has 1 saturated heterocycles. The first kappa shape index (κ1) is 12.7. The highest BCUT2D eigenvalue weighted by molar-refractivity contribution is 4.88. The molecule has 1 heterocycles. The third-order valence-corrected chi connectivity index (χ3v) is 2.51. The van der Waals surface area contributed by atoms with Crippen LogP contribution in [0.4, 0.5) is 0 Å². The molecule has 88 valence electrons. The van der Waals surface area contributed by atoms with Crippen LogP contribution in [0.25, 0.3) is 0 Å². The summed E-state index contributed by atoms with van der Waals surface area (Å²) in [6.45, 7) is 8.19. The van der Waals surface area contributed by atoms with Crippen molar-refractivity contribution in [1.82, 2.24) is 0 Å². The highest BCUT2D eigenvalue weighted by Crippen LogP contribution is 2.15. The highest BCUT2D eigenvalue weighted by atomic mass is 16.7. The summed E-state index contributed by atoms with van der Waals surface area (Å²) >= 11 is 0. The molecule has 2 atom stereocenters. The average Bonchev–Trinajstić information content (AvgIpc) is 2.25. The lowest BCUT2D eigenvalue weighted by Gasteiger charge is -2.23. The lowest BCUT2D eigenvalue weighted by molar-refractivity contribution is -0.166.